The quantitative estimate of drug-likeness (QED) is 0.677. The SMILES string of the molecule is CCCn1cc(-c2ccncc2)cc1C(=O)N(C)Cc1ccccc1. The summed E-state index contributed by atoms with van der Waals surface area (Å²) in [4.78, 5) is 18.8. The molecule has 0 atom stereocenters. The Morgan fingerprint density at radius 2 is 1.80 bits per heavy atom. The minimum absolute atomic E-state index is 0.0395. The van der Waals surface area contributed by atoms with Crippen molar-refractivity contribution >= 4 is 5.91 Å². The summed E-state index contributed by atoms with van der Waals surface area (Å²) in [6, 6.07) is 16.0. The van der Waals surface area contributed by atoms with Gasteiger partial charge in [0.05, 0.1) is 0 Å². The number of hydrogen-bond acceptors (Lipinski definition) is 2. The van der Waals surface area contributed by atoms with Crippen molar-refractivity contribution in [2.45, 2.75) is 26.4 Å². The monoisotopic (exact) mass is 333 g/mol. The molecule has 0 aliphatic heterocycles. The van der Waals surface area contributed by atoms with Crippen LogP contribution in [0.5, 0.6) is 0 Å². The second kappa shape index (κ2) is 7.79. The van der Waals surface area contributed by atoms with Gasteiger partial charge in [-0.2, -0.15) is 0 Å². The van der Waals surface area contributed by atoms with Gasteiger partial charge in [-0.25, -0.2) is 0 Å². The van der Waals surface area contributed by atoms with Gasteiger partial charge in [-0.05, 0) is 35.7 Å². The van der Waals surface area contributed by atoms with Gasteiger partial charge in [0.25, 0.3) is 5.91 Å². The number of benzene rings is 1. The van der Waals surface area contributed by atoms with E-state index in [1.165, 1.54) is 0 Å². The second-order valence-electron chi connectivity index (χ2n) is 6.19. The summed E-state index contributed by atoms with van der Waals surface area (Å²) in [7, 11) is 1.85. The number of carbonyl (C=O) groups is 1. The molecule has 3 aromatic rings. The number of aromatic nitrogens is 2. The number of nitrogens with zero attached hydrogens (tertiary/aromatic N) is 3. The highest BCUT2D eigenvalue weighted by Gasteiger charge is 2.18. The van der Waals surface area contributed by atoms with Crippen molar-refractivity contribution in [3.63, 3.8) is 0 Å². The van der Waals surface area contributed by atoms with E-state index in [0.717, 1.165) is 35.3 Å². The summed E-state index contributed by atoms with van der Waals surface area (Å²) in [5.41, 5.74) is 3.98. The Bertz CT molecular complexity index is 825. The Kier molecular flexibility index (Phi) is 5.29. The molecule has 0 aliphatic carbocycles. The Morgan fingerprint density at radius 3 is 2.48 bits per heavy atom. The average molecular weight is 333 g/mol. The molecule has 0 unspecified atom stereocenters. The van der Waals surface area contributed by atoms with Gasteiger partial charge in [0.2, 0.25) is 0 Å². The van der Waals surface area contributed by atoms with Gasteiger partial charge in [-0.15, -0.1) is 0 Å². The highest BCUT2D eigenvalue weighted by molar-refractivity contribution is 5.94. The molecule has 0 fully saturated rings. The molecule has 128 valence electrons. The molecule has 0 N–H and O–H groups in total. The molecule has 25 heavy (non-hydrogen) atoms. The van der Waals surface area contributed by atoms with E-state index < -0.39 is 0 Å². The summed E-state index contributed by atoms with van der Waals surface area (Å²) in [6.07, 6.45) is 6.58. The summed E-state index contributed by atoms with van der Waals surface area (Å²) >= 11 is 0. The first-order valence-corrected chi connectivity index (χ1v) is 8.59. The van der Waals surface area contributed by atoms with Crippen LogP contribution in [0.3, 0.4) is 0 Å². The molecular weight excluding hydrogens is 310 g/mol. The minimum atomic E-state index is 0.0395. The van der Waals surface area contributed by atoms with Crippen LogP contribution in [0.1, 0.15) is 29.4 Å². The summed E-state index contributed by atoms with van der Waals surface area (Å²) < 4.78 is 2.06. The molecule has 3 rings (SSSR count). The van der Waals surface area contributed by atoms with E-state index in [-0.39, 0.29) is 5.91 Å². The number of rotatable bonds is 6. The van der Waals surface area contributed by atoms with E-state index in [1.54, 1.807) is 17.3 Å². The van der Waals surface area contributed by atoms with Crippen molar-refractivity contribution in [2.75, 3.05) is 7.05 Å². The molecule has 2 heterocycles. The Labute approximate surface area is 148 Å². The Balaban J connectivity index is 1.86. The zero-order valence-corrected chi connectivity index (χ0v) is 14.7. The highest BCUT2D eigenvalue weighted by atomic mass is 16.2. The molecule has 2 aromatic heterocycles. The highest BCUT2D eigenvalue weighted by Crippen LogP contribution is 2.23. The number of carbonyl (C=O) groups excluding carboxylic acids is 1. The number of amides is 1. The third kappa shape index (κ3) is 3.97. The lowest BCUT2D eigenvalue weighted by molar-refractivity contribution is 0.0774. The van der Waals surface area contributed by atoms with Gasteiger partial charge < -0.3 is 9.47 Å². The molecule has 4 heteroatoms. The van der Waals surface area contributed by atoms with Crippen LogP contribution in [0.25, 0.3) is 11.1 Å². The minimum Gasteiger partial charge on any atom is -0.343 e. The van der Waals surface area contributed by atoms with E-state index >= 15 is 0 Å². The summed E-state index contributed by atoms with van der Waals surface area (Å²) in [5, 5.41) is 0. The van der Waals surface area contributed by atoms with Crippen LogP contribution in [-0.2, 0) is 13.1 Å². The molecule has 0 radical (unpaired) electrons. The molecule has 1 amide bonds. The van der Waals surface area contributed by atoms with Crippen molar-refractivity contribution in [3.05, 3.63) is 78.4 Å². The average Bonchev–Trinajstić information content (AvgIpc) is 3.07. The summed E-state index contributed by atoms with van der Waals surface area (Å²) in [5.74, 6) is 0.0395. The molecule has 4 nitrogen and oxygen atoms in total. The molecule has 0 spiro atoms. The van der Waals surface area contributed by atoms with E-state index in [1.807, 2.05) is 55.6 Å². The number of pyridine rings is 1. The predicted octanol–water partition coefficient (Wildman–Crippen LogP) is 4.23. The third-order valence-electron chi connectivity index (χ3n) is 4.20. The van der Waals surface area contributed by atoms with Crippen LogP contribution in [0.2, 0.25) is 0 Å². The van der Waals surface area contributed by atoms with E-state index in [0.29, 0.717) is 6.54 Å². The van der Waals surface area contributed by atoms with Crippen LogP contribution in [0, 0.1) is 0 Å². The lowest BCUT2D eigenvalue weighted by Crippen LogP contribution is -2.28. The normalized spacial score (nSPS) is 10.6. The first kappa shape index (κ1) is 17.0. The molecule has 0 saturated carbocycles. The molecular formula is C21H23N3O. The van der Waals surface area contributed by atoms with Crippen molar-refractivity contribution in [1.82, 2.24) is 14.5 Å². The first-order chi connectivity index (χ1) is 12.2. The van der Waals surface area contributed by atoms with E-state index in [4.69, 9.17) is 0 Å². The van der Waals surface area contributed by atoms with Crippen LogP contribution in [-0.4, -0.2) is 27.4 Å². The fourth-order valence-electron chi connectivity index (χ4n) is 2.94. The molecule has 1 aromatic carbocycles. The Morgan fingerprint density at radius 1 is 1.08 bits per heavy atom. The smallest absolute Gasteiger partial charge is 0.270 e. The molecule has 0 saturated heterocycles. The van der Waals surface area contributed by atoms with E-state index in [9.17, 15) is 4.79 Å². The number of aryl methyl sites for hydroxylation is 1. The van der Waals surface area contributed by atoms with Crippen molar-refractivity contribution in [2.24, 2.45) is 0 Å². The maximum Gasteiger partial charge on any atom is 0.270 e. The van der Waals surface area contributed by atoms with Crippen molar-refractivity contribution < 1.29 is 4.79 Å². The van der Waals surface area contributed by atoms with Gasteiger partial charge in [0.1, 0.15) is 5.69 Å². The van der Waals surface area contributed by atoms with Crippen molar-refractivity contribution in [3.8, 4) is 11.1 Å². The van der Waals surface area contributed by atoms with Crippen LogP contribution in [0.15, 0.2) is 67.1 Å². The maximum absolute atomic E-state index is 13.0. The van der Waals surface area contributed by atoms with Gasteiger partial charge in [-0.3, -0.25) is 9.78 Å². The maximum atomic E-state index is 13.0. The third-order valence-corrected chi connectivity index (χ3v) is 4.20. The van der Waals surface area contributed by atoms with Gasteiger partial charge in [0, 0.05) is 44.3 Å². The van der Waals surface area contributed by atoms with Crippen LogP contribution < -0.4 is 0 Å². The van der Waals surface area contributed by atoms with E-state index in [2.05, 4.69) is 22.7 Å². The van der Waals surface area contributed by atoms with Crippen LogP contribution >= 0.6 is 0 Å². The Hall–Kier alpha value is -2.88. The first-order valence-electron chi connectivity index (χ1n) is 8.59. The lowest BCUT2D eigenvalue weighted by atomic mass is 10.1. The topological polar surface area (TPSA) is 38.1 Å². The largest absolute Gasteiger partial charge is 0.343 e. The lowest BCUT2D eigenvalue weighted by Gasteiger charge is -2.18. The van der Waals surface area contributed by atoms with Gasteiger partial charge in [0.15, 0.2) is 0 Å². The standard InChI is InChI=1S/C21H23N3O/c1-3-13-24-16-19(18-9-11-22-12-10-18)14-20(24)21(25)23(2)15-17-7-5-4-6-8-17/h4-12,14,16H,3,13,15H2,1-2H3. The van der Waals surface area contributed by atoms with Gasteiger partial charge in [-0.1, -0.05) is 37.3 Å². The molecule has 0 aliphatic rings. The fraction of sp³-hybridized carbons (Fsp3) is 0.238. The predicted molar refractivity (Wildman–Crippen MR) is 100 cm³/mol. The van der Waals surface area contributed by atoms with Gasteiger partial charge >= 0.3 is 0 Å². The van der Waals surface area contributed by atoms with Crippen LogP contribution in [0.4, 0.5) is 0 Å². The van der Waals surface area contributed by atoms with Crippen molar-refractivity contribution in [1.29, 1.82) is 0 Å². The molecule has 0 bridgehead atoms. The summed E-state index contributed by atoms with van der Waals surface area (Å²) in [6.45, 7) is 3.54. The zero-order valence-electron chi connectivity index (χ0n) is 14.7. The number of hydrogen-bond donors (Lipinski definition) is 0. The fourth-order valence-corrected chi connectivity index (χ4v) is 2.94. The zero-order chi connectivity index (χ0) is 17.6. The second-order valence-corrected chi connectivity index (χ2v) is 6.19.